The molecule has 0 spiro atoms. The average molecular weight is 302 g/mol. The second kappa shape index (κ2) is 5.83. The molecule has 17 heavy (non-hydrogen) atoms. The van der Waals surface area contributed by atoms with Crippen LogP contribution < -0.4 is 5.32 Å². The van der Waals surface area contributed by atoms with E-state index in [9.17, 15) is 9.50 Å². The number of halogens is 2. The molecule has 94 valence electrons. The summed E-state index contributed by atoms with van der Waals surface area (Å²) in [6.07, 6.45) is 4.61. The number of nitrogens with one attached hydrogen (secondary N) is 1. The maximum absolute atomic E-state index is 13.6. The van der Waals surface area contributed by atoms with Gasteiger partial charge >= 0.3 is 0 Å². The number of benzene rings is 1. The first kappa shape index (κ1) is 12.8. The van der Waals surface area contributed by atoms with E-state index in [1.54, 1.807) is 12.1 Å². The normalized spacial score (nSPS) is 25.4. The van der Waals surface area contributed by atoms with Gasteiger partial charge in [0.25, 0.3) is 0 Å². The molecule has 0 amide bonds. The van der Waals surface area contributed by atoms with Gasteiger partial charge in [-0.1, -0.05) is 35.2 Å². The largest absolute Gasteiger partial charge is 0.391 e. The van der Waals surface area contributed by atoms with Gasteiger partial charge in [0, 0.05) is 4.47 Å². The summed E-state index contributed by atoms with van der Waals surface area (Å²) in [5, 5.41) is 13.1. The third-order valence-electron chi connectivity index (χ3n) is 3.25. The Hall–Kier alpha value is -0.610. The topological polar surface area (TPSA) is 32.3 Å². The van der Waals surface area contributed by atoms with E-state index in [2.05, 4.69) is 21.2 Å². The monoisotopic (exact) mass is 301 g/mol. The quantitative estimate of drug-likeness (QED) is 0.817. The standard InChI is InChI=1S/C13H17BrFNO/c14-9-6-7-10(15)12(8-9)16-11-4-2-1-3-5-13(11)17/h6-8,11,13,16-17H,1-5H2. The van der Waals surface area contributed by atoms with Gasteiger partial charge in [-0.25, -0.2) is 4.39 Å². The van der Waals surface area contributed by atoms with E-state index in [-0.39, 0.29) is 18.0 Å². The van der Waals surface area contributed by atoms with Crippen LogP contribution in [-0.4, -0.2) is 17.3 Å². The zero-order chi connectivity index (χ0) is 12.3. The summed E-state index contributed by atoms with van der Waals surface area (Å²) in [5.74, 6) is -0.273. The minimum atomic E-state index is -0.379. The lowest BCUT2D eigenvalue weighted by Gasteiger charge is -2.23. The Labute approximate surface area is 109 Å². The van der Waals surface area contributed by atoms with Gasteiger partial charge in [-0.3, -0.25) is 0 Å². The smallest absolute Gasteiger partial charge is 0.146 e. The molecule has 2 atom stereocenters. The molecule has 0 saturated heterocycles. The molecule has 0 radical (unpaired) electrons. The molecule has 0 heterocycles. The highest BCUT2D eigenvalue weighted by Gasteiger charge is 2.22. The molecule has 1 aromatic rings. The number of aliphatic hydroxyl groups is 1. The molecule has 2 rings (SSSR count). The molecular weight excluding hydrogens is 285 g/mol. The van der Waals surface area contributed by atoms with Gasteiger partial charge in [-0.15, -0.1) is 0 Å². The molecule has 2 nitrogen and oxygen atoms in total. The Morgan fingerprint density at radius 2 is 2.00 bits per heavy atom. The molecule has 1 aliphatic carbocycles. The first-order chi connectivity index (χ1) is 8.16. The van der Waals surface area contributed by atoms with E-state index < -0.39 is 0 Å². The Balaban J connectivity index is 2.10. The molecule has 4 heteroatoms. The number of anilines is 1. The lowest BCUT2D eigenvalue weighted by atomic mass is 10.1. The van der Waals surface area contributed by atoms with Gasteiger partial charge in [0.15, 0.2) is 0 Å². The van der Waals surface area contributed by atoms with Crippen LogP contribution in [0.15, 0.2) is 22.7 Å². The van der Waals surface area contributed by atoms with Gasteiger partial charge in [0.05, 0.1) is 17.8 Å². The molecule has 1 aromatic carbocycles. The van der Waals surface area contributed by atoms with E-state index in [0.717, 1.165) is 36.6 Å². The van der Waals surface area contributed by atoms with Crippen molar-refractivity contribution >= 4 is 21.6 Å². The van der Waals surface area contributed by atoms with Crippen molar-refractivity contribution in [3.63, 3.8) is 0 Å². The molecule has 0 bridgehead atoms. The molecular formula is C13H17BrFNO. The van der Waals surface area contributed by atoms with E-state index >= 15 is 0 Å². The summed E-state index contributed by atoms with van der Waals surface area (Å²) in [6.45, 7) is 0. The SMILES string of the molecule is OC1CCCCCC1Nc1cc(Br)ccc1F. The fourth-order valence-corrected chi connectivity index (χ4v) is 2.63. The number of aliphatic hydroxyl groups excluding tert-OH is 1. The fraction of sp³-hybridized carbons (Fsp3) is 0.538. The predicted octanol–water partition coefficient (Wildman–Crippen LogP) is 3.69. The average Bonchev–Trinajstić information content (AvgIpc) is 2.50. The molecule has 1 fully saturated rings. The summed E-state index contributed by atoms with van der Waals surface area (Å²) in [7, 11) is 0. The summed E-state index contributed by atoms with van der Waals surface area (Å²) < 4.78 is 14.4. The first-order valence-electron chi connectivity index (χ1n) is 6.06. The van der Waals surface area contributed by atoms with Gasteiger partial charge in [-0.05, 0) is 31.0 Å². The van der Waals surface area contributed by atoms with Crippen LogP contribution in [0.3, 0.4) is 0 Å². The molecule has 0 aliphatic heterocycles. The Morgan fingerprint density at radius 3 is 2.82 bits per heavy atom. The van der Waals surface area contributed by atoms with Crippen LogP contribution in [0.1, 0.15) is 32.1 Å². The van der Waals surface area contributed by atoms with Crippen molar-refractivity contribution in [3.05, 3.63) is 28.5 Å². The van der Waals surface area contributed by atoms with Crippen LogP contribution >= 0.6 is 15.9 Å². The maximum Gasteiger partial charge on any atom is 0.146 e. The van der Waals surface area contributed by atoms with E-state index in [0.29, 0.717) is 5.69 Å². The molecule has 0 aromatic heterocycles. The first-order valence-corrected chi connectivity index (χ1v) is 6.86. The van der Waals surface area contributed by atoms with Gasteiger partial charge in [0.2, 0.25) is 0 Å². The highest BCUT2D eigenvalue weighted by Crippen LogP contribution is 2.25. The fourth-order valence-electron chi connectivity index (χ4n) is 2.26. The van der Waals surface area contributed by atoms with E-state index in [1.807, 2.05) is 0 Å². The van der Waals surface area contributed by atoms with Gasteiger partial charge < -0.3 is 10.4 Å². The zero-order valence-electron chi connectivity index (χ0n) is 9.63. The minimum absolute atomic E-state index is 0.0405. The Morgan fingerprint density at radius 1 is 1.24 bits per heavy atom. The van der Waals surface area contributed by atoms with E-state index in [1.165, 1.54) is 6.07 Å². The van der Waals surface area contributed by atoms with E-state index in [4.69, 9.17) is 0 Å². The molecule has 2 N–H and O–H groups in total. The van der Waals surface area contributed by atoms with Crippen molar-refractivity contribution in [1.29, 1.82) is 0 Å². The van der Waals surface area contributed by atoms with Crippen molar-refractivity contribution in [2.24, 2.45) is 0 Å². The van der Waals surface area contributed by atoms with Crippen molar-refractivity contribution < 1.29 is 9.50 Å². The summed E-state index contributed by atoms with van der Waals surface area (Å²) in [6, 6.07) is 4.77. The summed E-state index contributed by atoms with van der Waals surface area (Å²) in [4.78, 5) is 0. The lowest BCUT2D eigenvalue weighted by molar-refractivity contribution is 0.144. The highest BCUT2D eigenvalue weighted by atomic mass is 79.9. The molecule has 1 aliphatic rings. The van der Waals surface area contributed by atoms with Crippen LogP contribution in [0.2, 0.25) is 0 Å². The lowest BCUT2D eigenvalue weighted by Crippen LogP contribution is -2.32. The van der Waals surface area contributed by atoms with Gasteiger partial charge in [-0.2, -0.15) is 0 Å². The molecule has 2 unspecified atom stereocenters. The van der Waals surface area contributed by atoms with Crippen LogP contribution in [0.4, 0.5) is 10.1 Å². The van der Waals surface area contributed by atoms with Crippen molar-refractivity contribution in [1.82, 2.24) is 0 Å². The summed E-state index contributed by atoms with van der Waals surface area (Å²) >= 11 is 3.32. The maximum atomic E-state index is 13.6. The second-order valence-electron chi connectivity index (χ2n) is 4.58. The number of rotatable bonds is 2. The van der Waals surface area contributed by atoms with Crippen LogP contribution in [0.5, 0.6) is 0 Å². The summed E-state index contributed by atoms with van der Waals surface area (Å²) in [5.41, 5.74) is 0.463. The second-order valence-corrected chi connectivity index (χ2v) is 5.50. The number of hydrogen-bond acceptors (Lipinski definition) is 2. The van der Waals surface area contributed by atoms with Crippen LogP contribution in [0, 0.1) is 5.82 Å². The Bertz CT molecular complexity index is 386. The van der Waals surface area contributed by atoms with Crippen molar-refractivity contribution in [2.45, 2.75) is 44.2 Å². The number of hydrogen-bond donors (Lipinski definition) is 2. The van der Waals surface area contributed by atoms with Crippen LogP contribution in [-0.2, 0) is 0 Å². The minimum Gasteiger partial charge on any atom is -0.391 e. The van der Waals surface area contributed by atoms with Crippen molar-refractivity contribution in [3.8, 4) is 0 Å². The highest BCUT2D eigenvalue weighted by molar-refractivity contribution is 9.10. The predicted molar refractivity (Wildman–Crippen MR) is 70.6 cm³/mol. The third-order valence-corrected chi connectivity index (χ3v) is 3.74. The van der Waals surface area contributed by atoms with Crippen molar-refractivity contribution in [2.75, 3.05) is 5.32 Å². The Kier molecular flexibility index (Phi) is 4.40. The third kappa shape index (κ3) is 3.42. The van der Waals surface area contributed by atoms with Crippen LogP contribution in [0.25, 0.3) is 0 Å². The van der Waals surface area contributed by atoms with Gasteiger partial charge in [0.1, 0.15) is 5.82 Å². The zero-order valence-corrected chi connectivity index (χ0v) is 11.2. The molecule has 1 saturated carbocycles.